The van der Waals surface area contributed by atoms with Crippen molar-refractivity contribution in [1.82, 2.24) is 5.32 Å². The normalized spacial score (nSPS) is 11.0. The van der Waals surface area contributed by atoms with E-state index in [-0.39, 0.29) is 11.5 Å². The Kier molecular flexibility index (Phi) is 6.29. The van der Waals surface area contributed by atoms with E-state index in [2.05, 4.69) is 26.6 Å². The number of carbonyl (C=O) groups excluding carboxylic acids is 2. The largest absolute Gasteiger partial charge is 0.497 e. The molecule has 3 rings (SSSR count). The summed E-state index contributed by atoms with van der Waals surface area (Å²) >= 11 is 3.15. The van der Waals surface area contributed by atoms with Gasteiger partial charge in [0, 0.05) is 5.69 Å². The number of anilines is 1. The van der Waals surface area contributed by atoms with Gasteiger partial charge in [-0.2, -0.15) is 0 Å². The summed E-state index contributed by atoms with van der Waals surface area (Å²) in [6.07, 6.45) is 1.59. The highest BCUT2D eigenvalue weighted by atomic mass is 79.9. The standard InChI is InChI=1S/C21H17BrN2O4/c1-27-16-9-7-15(8-10-16)23-20(25)17(13-14-5-3-2-4-6-14)24-21(26)18-11-12-19(22)28-18/h2-13H,1H3,(H,23,25)(H,24,26). The Labute approximate surface area is 170 Å². The number of halogens is 1. The molecule has 0 bridgehead atoms. The second-order valence-electron chi connectivity index (χ2n) is 5.71. The second-order valence-corrected chi connectivity index (χ2v) is 6.49. The van der Waals surface area contributed by atoms with Crippen LogP contribution in [0.3, 0.4) is 0 Å². The zero-order chi connectivity index (χ0) is 19.9. The quantitative estimate of drug-likeness (QED) is 0.554. The monoisotopic (exact) mass is 440 g/mol. The molecule has 1 heterocycles. The van der Waals surface area contributed by atoms with Gasteiger partial charge in [0.15, 0.2) is 10.4 Å². The van der Waals surface area contributed by atoms with Crippen molar-refractivity contribution in [2.75, 3.05) is 12.4 Å². The van der Waals surface area contributed by atoms with Crippen LogP contribution in [0.25, 0.3) is 6.08 Å². The van der Waals surface area contributed by atoms with E-state index in [4.69, 9.17) is 9.15 Å². The number of carbonyl (C=O) groups is 2. The predicted octanol–water partition coefficient (Wildman–Crippen LogP) is 4.46. The van der Waals surface area contributed by atoms with E-state index in [1.165, 1.54) is 6.07 Å². The fraction of sp³-hybridized carbons (Fsp3) is 0.0476. The SMILES string of the molecule is COc1ccc(NC(=O)C(=Cc2ccccc2)NC(=O)c2ccc(Br)o2)cc1. The molecule has 142 valence electrons. The van der Waals surface area contributed by atoms with E-state index in [1.807, 2.05) is 30.3 Å². The molecule has 28 heavy (non-hydrogen) atoms. The van der Waals surface area contributed by atoms with Gasteiger partial charge in [-0.05, 0) is 64.0 Å². The number of nitrogens with one attached hydrogen (secondary N) is 2. The molecular weight excluding hydrogens is 424 g/mol. The third kappa shape index (κ3) is 5.11. The minimum atomic E-state index is -0.530. The minimum Gasteiger partial charge on any atom is -0.497 e. The topological polar surface area (TPSA) is 80.6 Å². The summed E-state index contributed by atoms with van der Waals surface area (Å²) < 4.78 is 10.8. The first-order valence-corrected chi connectivity index (χ1v) is 9.13. The zero-order valence-electron chi connectivity index (χ0n) is 14.9. The van der Waals surface area contributed by atoms with Crippen LogP contribution in [-0.4, -0.2) is 18.9 Å². The summed E-state index contributed by atoms with van der Waals surface area (Å²) in [5.74, 6) is -0.233. The van der Waals surface area contributed by atoms with Crippen molar-refractivity contribution >= 4 is 39.5 Å². The van der Waals surface area contributed by atoms with Crippen LogP contribution in [0.15, 0.2) is 81.5 Å². The van der Waals surface area contributed by atoms with E-state index < -0.39 is 11.8 Å². The Morgan fingerprint density at radius 2 is 1.71 bits per heavy atom. The average Bonchev–Trinajstić information content (AvgIpc) is 3.15. The molecule has 2 aromatic carbocycles. The molecule has 0 saturated carbocycles. The maximum absolute atomic E-state index is 12.8. The first-order valence-electron chi connectivity index (χ1n) is 8.34. The fourth-order valence-corrected chi connectivity index (χ4v) is 2.67. The number of amides is 2. The number of ether oxygens (including phenoxy) is 1. The van der Waals surface area contributed by atoms with Crippen LogP contribution in [0, 0.1) is 0 Å². The van der Waals surface area contributed by atoms with Gasteiger partial charge in [-0.1, -0.05) is 30.3 Å². The number of benzene rings is 2. The maximum Gasteiger partial charge on any atom is 0.291 e. The lowest BCUT2D eigenvalue weighted by atomic mass is 10.2. The lowest BCUT2D eigenvalue weighted by molar-refractivity contribution is -0.113. The lowest BCUT2D eigenvalue weighted by Gasteiger charge is -2.11. The summed E-state index contributed by atoms with van der Waals surface area (Å²) in [5, 5.41) is 5.37. The smallest absolute Gasteiger partial charge is 0.291 e. The zero-order valence-corrected chi connectivity index (χ0v) is 16.5. The van der Waals surface area contributed by atoms with Crippen LogP contribution in [0.2, 0.25) is 0 Å². The highest BCUT2D eigenvalue weighted by Crippen LogP contribution is 2.17. The Balaban J connectivity index is 1.83. The molecule has 0 spiro atoms. The van der Waals surface area contributed by atoms with Crippen LogP contribution < -0.4 is 15.4 Å². The van der Waals surface area contributed by atoms with Gasteiger partial charge in [0.25, 0.3) is 11.8 Å². The van der Waals surface area contributed by atoms with Gasteiger partial charge >= 0.3 is 0 Å². The third-order valence-corrected chi connectivity index (χ3v) is 4.17. The second kappa shape index (κ2) is 9.05. The third-order valence-electron chi connectivity index (χ3n) is 3.75. The van der Waals surface area contributed by atoms with Gasteiger partial charge in [0.1, 0.15) is 11.4 Å². The molecule has 0 aliphatic heterocycles. The molecule has 0 unspecified atom stereocenters. The van der Waals surface area contributed by atoms with Crippen molar-refractivity contribution in [2.45, 2.75) is 0 Å². The highest BCUT2D eigenvalue weighted by molar-refractivity contribution is 9.10. The molecule has 3 aromatic rings. The molecule has 6 nitrogen and oxygen atoms in total. The van der Waals surface area contributed by atoms with Crippen molar-refractivity contribution in [3.05, 3.63) is 88.4 Å². The van der Waals surface area contributed by atoms with Crippen molar-refractivity contribution in [3.63, 3.8) is 0 Å². The van der Waals surface area contributed by atoms with Gasteiger partial charge in [0.2, 0.25) is 0 Å². The van der Waals surface area contributed by atoms with Crippen molar-refractivity contribution < 1.29 is 18.7 Å². The van der Waals surface area contributed by atoms with Crippen molar-refractivity contribution in [3.8, 4) is 5.75 Å². The average molecular weight is 441 g/mol. The molecule has 0 saturated heterocycles. The van der Waals surface area contributed by atoms with Gasteiger partial charge in [-0.25, -0.2) is 0 Å². The maximum atomic E-state index is 12.8. The Morgan fingerprint density at radius 3 is 2.32 bits per heavy atom. The molecule has 7 heteroatoms. The number of hydrogen-bond acceptors (Lipinski definition) is 4. The molecule has 2 N–H and O–H groups in total. The molecule has 2 amide bonds. The summed E-state index contributed by atoms with van der Waals surface area (Å²) in [5.41, 5.74) is 1.42. The van der Waals surface area contributed by atoms with E-state index in [0.29, 0.717) is 16.1 Å². The van der Waals surface area contributed by atoms with E-state index in [0.717, 1.165) is 5.56 Å². The van der Waals surface area contributed by atoms with Crippen LogP contribution in [0.4, 0.5) is 5.69 Å². The molecular formula is C21H17BrN2O4. The van der Waals surface area contributed by atoms with E-state index >= 15 is 0 Å². The van der Waals surface area contributed by atoms with Gasteiger partial charge in [-0.3, -0.25) is 9.59 Å². The highest BCUT2D eigenvalue weighted by Gasteiger charge is 2.17. The molecule has 0 atom stereocenters. The van der Waals surface area contributed by atoms with E-state index in [1.54, 1.807) is 43.5 Å². The lowest BCUT2D eigenvalue weighted by Crippen LogP contribution is -2.30. The molecule has 0 aliphatic carbocycles. The number of furan rings is 1. The first-order chi connectivity index (χ1) is 13.5. The fourth-order valence-electron chi connectivity index (χ4n) is 2.37. The minimum absolute atomic E-state index is 0.0829. The number of rotatable bonds is 6. The first kappa shape index (κ1) is 19.4. The number of hydrogen-bond donors (Lipinski definition) is 2. The molecule has 0 radical (unpaired) electrons. The summed E-state index contributed by atoms with van der Waals surface area (Å²) in [7, 11) is 1.57. The van der Waals surface area contributed by atoms with Crippen LogP contribution in [0.5, 0.6) is 5.75 Å². The van der Waals surface area contributed by atoms with Gasteiger partial charge < -0.3 is 19.8 Å². The van der Waals surface area contributed by atoms with Crippen LogP contribution in [0.1, 0.15) is 16.1 Å². The predicted molar refractivity (Wildman–Crippen MR) is 110 cm³/mol. The van der Waals surface area contributed by atoms with Crippen molar-refractivity contribution in [1.29, 1.82) is 0 Å². The Hall–Kier alpha value is -3.32. The Morgan fingerprint density at radius 1 is 1.00 bits per heavy atom. The van der Waals surface area contributed by atoms with E-state index in [9.17, 15) is 9.59 Å². The molecule has 1 aromatic heterocycles. The van der Waals surface area contributed by atoms with Crippen molar-refractivity contribution in [2.24, 2.45) is 0 Å². The molecule has 0 aliphatic rings. The summed E-state index contributed by atoms with van der Waals surface area (Å²) in [6.45, 7) is 0. The van der Waals surface area contributed by atoms with Crippen LogP contribution >= 0.6 is 15.9 Å². The Bertz CT molecular complexity index is 995. The summed E-state index contributed by atoms with van der Waals surface area (Å²) in [4.78, 5) is 25.2. The molecule has 0 fully saturated rings. The number of methoxy groups -OCH3 is 1. The van der Waals surface area contributed by atoms with Crippen LogP contribution in [-0.2, 0) is 4.79 Å². The van der Waals surface area contributed by atoms with Gasteiger partial charge in [-0.15, -0.1) is 0 Å². The van der Waals surface area contributed by atoms with Gasteiger partial charge in [0.05, 0.1) is 7.11 Å². The summed E-state index contributed by atoms with van der Waals surface area (Å²) in [6, 6.07) is 19.2.